The van der Waals surface area contributed by atoms with Gasteiger partial charge in [0.25, 0.3) is 0 Å². The topological polar surface area (TPSA) is 78.5 Å². The SMILES string of the molecule is CC(C)c1ccc(S(=O)(=O)N2CCC(C(=O)NC3CCCNC3)CC2)cc1.Cl. The first-order chi connectivity index (χ1) is 12.9. The molecule has 8 heteroatoms. The van der Waals surface area contributed by atoms with E-state index in [1.54, 1.807) is 12.1 Å². The molecular formula is C20H32ClN3O3S. The van der Waals surface area contributed by atoms with Crippen LogP contribution in [0.2, 0.25) is 0 Å². The molecule has 1 aromatic carbocycles. The van der Waals surface area contributed by atoms with E-state index in [9.17, 15) is 13.2 Å². The zero-order valence-electron chi connectivity index (χ0n) is 16.7. The highest BCUT2D eigenvalue weighted by Gasteiger charge is 2.32. The number of hydrogen-bond donors (Lipinski definition) is 2. The Labute approximate surface area is 174 Å². The third kappa shape index (κ3) is 5.47. The molecule has 1 aromatic rings. The number of nitrogens with zero attached hydrogens (tertiary/aromatic N) is 1. The highest BCUT2D eigenvalue weighted by molar-refractivity contribution is 7.89. The van der Waals surface area contributed by atoms with Crippen molar-refractivity contribution >= 4 is 28.3 Å². The molecule has 0 spiro atoms. The van der Waals surface area contributed by atoms with Crippen molar-refractivity contribution in [3.05, 3.63) is 29.8 Å². The Bertz CT molecular complexity index is 738. The summed E-state index contributed by atoms with van der Waals surface area (Å²) in [5.41, 5.74) is 1.13. The zero-order valence-corrected chi connectivity index (χ0v) is 18.3. The third-order valence-electron chi connectivity index (χ3n) is 5.65. The van der Waals surface area contributed by atoms with Crippen LogP contribution in [0.3, 0.4) is 0 Å². The predicted octanol–water partition coefficient (Wildman–Crippen LogP) is 2.50. The molecular weight excluding hydrogens is 398 g/mol. The van der Waals surface area contributed by atoms with Gasteiger partial charge in [0, 0.05) is 31.6 Å². The Kier molecular flexibility index (Phi) is 8.30. The number of amides is 1. The average molecular weight is 430 g/mol. The summed E-state index contributed by atoms with van der Waals surface area (Å²) in [7, 11) is -3.49. The fraction of sp³-hybridized carbons (Fsp3) is 0.650. The summed E-state index contributed by atoms with van der Waals surface area (Å²) in [6.07, 6.45) is 3.25. The van der Waals surface area contributed by atoms with Gasteiger partial charge in [-0.1, -0.05) is 26.0 Å². The van der Waals surface area contributed by atoms with Crippen molar-refractivity contribution < 1.29 is 13.2 Å². The third-order valence-corrected chi connectivity index (χ3v) is 7.57. The van der Waals surface area contributed by atoms with Gasteiger partial charge in [-0.3, -0.25) is 4.79 Å². The minimum absolute atomic E-state index is 0. The zero-order chi connectivity index (χ0) is 19.4. The number of nitrogens with one attached hydrogen (secondary N) is 2. The lowest BCUT2D eigenvalue weighted by molar-refractivity contribution is -0.126. The smallest absolute Gasteiger partial charge is 0.243 e. The molecule has 2 fully saturated rings. The van der Waals surface area contributed by atoms with Crippen molar-refractivity contribution in [3.63, 3.8) is 0 Å². The average Bonchev–Trinajstić information content (AvgIpc) is 2.69. The van der Waals surface area contributed by atoms with Gasteiger partial charge in [0.2, 0.25) is 15.9 Å². The Morgan fingerprint density at radius 2 is 1.79 bits per heavy atom. The van der Waals surface area contributed by atoms with Gasteiger partial charge in [0.15, 0.2) is 0 Å². The maximum Gasteiger partial charge on any atom is 0.243 e. The van der Waals surface area contributed by atoms with E-state index in [1.165, 1.54) is 4.31 Å². The second kappa shape index (κ2) is 10.1. The lowest BCUT2D eigenvalue weighted by Crippen LogP contribution is -2.49. The molecule has 0 saturated carbocycles. The van der Waals surface area contributed by atoms with Gasteiger partial charge in [-0.2, -0.15) is 4.31 Å². The summed E-state index contributed by atoms with van der Waals surface area (Å²) in [5.74, 6) is 0.346. The monoisotopic (exact) mass is 429 g/mol. The Morgan fingerprint density at radius 1 is 1.14 bits per heavy atom. The lowest BCUT2D eigenvalue weighted by atomic mass is 9.96. The first-order valence-electron chi connectivity index (χ1n) is 9.99. The van der Waals surface area contributed by atoms with Crippen LogP contribution in [0.15, 0.2) is 29.2 Å². The first-order valence-corrected chi connectivity index (χ1v) is 11.4. The summed E-state index contributed by atoms with van der Waals surface area (Å²) in [4.78, 5) is 12.8. The molecule has 2 aliphatic rings. The molecule has 0 aromatic heterocycles. The molecule has 3 rings (SSSR count). The molecule has 2 N–H and O–H groups in total. The van der Waals surface area contributed by atoms with Gasteiger partial charge in [0.1, 0.15) is 0 Å². The molecule has 1 amide bonds. The largest absolute Gasteiger partial charge is 0.352 e. The second-order valence-corrected chi connectivity index (χ2v) is 9.89. The molecule has 28 heavy (non-hydrogen) atoms. The fourth-order valence-corrected chi connectivity index (χ4v) is 5.30. The Morgan fingerprint density at radius 3 is 2.32 bits per heavy atom. The van der Waals surface area contributed by atoms with Crippen LogP contribution in [0.5, 0.6) is 0 Å². The molecule has 158 valence electrons. The van der Waals surface area contributed by atoms with Gasteiger partial charge < -0.3 is 10.6 Å². The van der Waals surface area contributed by atoms with Crippen molar-refractivity contribution in [2.45, 2.75) is 56.4 Å². The van der Waals surface area contributed by atoms with Crippen LogP contribution in [0.1, 0.15) is 51.0 Å². The molecule has 2 aliphatic heterocycles. The Balaban J connectivity index is 0.00000280. The molecule has 6 nitrogen and oxygen atoms in total. The number of hydrogen-bond acceptors (Lipinski definition) is 4. The van der Waals surface area contributed by atoms with E-state index in [0.29, 0.717) is 36.7 Å². The molecule has 1 atom stereocenters. The van der Waals surface area contributed by atoms with Crippen molar-refractivity contribution in [2.24, 2.45) is 5.92 Å². The van der Waals surface area contributed by atoms with Gasteiger partial charge >= 0.3 is 0 Å². The van der Waals surface area contributed by atoms with Crippen LogP contribution in [0.25, 0.3) is 0 Å². The number of rotatable bonds is 5. The van der Waals surface area contributed by atoms with Crippen LogP contribution in [0, 0.1) is 5.92 Å². The van der Waals surface area contributed by atoms with Gasteiger partial charge in [-0.05, 0) is 55.8 Å². The van der Waals surface area contributed by atoms with Crippen molar-refractivity contribution in [1.29, 1.82) is 0 Å². The lowest BCUT2D eigenvalue weighted by Gasteiger charge is -2.32. The van der Waals surface area contributed by atoms with E-state index in [0.717, 1.165) is 31.5 Å². The summed E-state index contributed by atoms with van der Waals surface area (Å²) >= 11 is 0. The van der Waals surface area contributed by atoms with E-state index in [1.807, 2.05) is 12.1 Å². The minimum Gasteiger partial charge on any atom is -0.352 e. The van der Waals surface area contributed by atoms with E-state index in [4.69, 9.17) is 0 Å². The van der Waals surface area contributed by atoms with Crippen molar-refractivity contribution in [2.75, 3.05) is 26.2 Å². The number of halogens is 1. The number of piperidine rings is 2. The molecule has 2 saturated heterocycles. The van der Waals surface area contributed by atoms with Crippen LogP contribution < -0.4 is 10.6 Å². The summed E-state index contributed by atoms with van der Waals surface area (Å²) in [5, 5.41) is 6.42. The van der Waals surface area contributed by atoms with E-state index in [-0.39, 0.29) is 30.3 Å². The number of carbonyl (C=O) groups excluding carboxylic acids is 1. The molecule has 0 bridgehead atoms. The summed E-state index contributed by atoms with van der Waals surface area (Å²) in [6, 6.07) is 7.36. The second-order valence-electron chi connectivity index (χ2n) is 7.95. The maximum atomic E-state index is 12.9. The highest BCUT2D eigenvalue weighted by Crippen LogP contribution is 2.25. The standard InChI is InChI=1S/C20H31N3O3S.ClH/c1-15(2)16-5-7-19(8-6-16)27(25,26)23-12-9-17(10-13-23)20(24)22-18-4-3-11-21-14-18;/h5-8,15,17-18,21H,3-4,9-14H2,1-2H3,(H,22,24);1H. The quantitative estimate of drug-likeness (QED) is 0.753. The van der Waals surface area contributed by atoms with E-state index < -0.39 is 10.0 Å². The number of sulfonamides is 1. The van der Waals surface area contributed by atoms with E-state index >= 15 is 0 Å². The minimum atomic E-state index is -3.49. The molecule has 1 unspecified atom stereocenters. The molecule has 2 heterocycles. The first kappa shape index (κ1) is 23.1. The highest BCUT2D eigenvalue weighted by atomic mass is 35.5. The predicted molar refractivity (Wildman–Crippen MR) is 113 cm³/mol. The fourth-order valence-electron chi connectivity index (χ4n) is 3.83. The molecule has 0 radical (unpaired) electrons. The van der Waals surface area contributed by atoms with Gasteiger partial charge in [-0.15, -0.1) is 12.4 Å². The summed E-state index contributed by atoms with van der Waals surface area (Å²) in [6.45, 7) is 6.81. The molecule has 0 aliphatic carbocycles. The van der Waals surface area contributed by atoms with Crippen LogP contribution in [0.4, 0.5) is 0 Å². The maximum absolute atomic E-state index is 12.9. The number of carbonyl (C=O) groups is 1. The van der Waals surface area contributed by atoms with Crippen molar-refractivity contribution in [3.8, 4) is 0 Å². The Hall–Kier alpha value is -1.15. The normalized spacial score (nSPS) is 21.9. The van der Waals surface area contributed by atoms with Gasteiger partial charge in [0.05, 0.1) is 4.90 Å². The van der Waals surface area contributed by atoms with Crippen LogP contribution in [-0.4, -0.2) is 50.9 Å². The van der Waals surface area contributed by atoms with Crippen LogP contribution >= 0.6 is 12.4 Å². The van der Waals surface area contributed by atoms with Crippen molar-refractivity contribution in [1.82, 2.24) is 14.9 Å². The summed E-state index contributed by atoms with van der Waals surface area (Å²) < 4.78 is 27.3. The number of benzene rings is 1. The van der Waals surface area contributed by atoms with Crippen LogP contribution in [-0.2, 0) is 14.8 Å². The van der Waals surface area contributed by atoms with E-state index in [2.05, 4.69) is 24.5 Å². The van der Waals surface area contributed by atoms with Gasteiger partial charge in [-0.25, -0.2) is 8.42 Å².